The second-order valence-electron chi connectivity index (χ2n) is 4.82. The largest absolute Gasteiger partial charge is 0.330 e. The van der Waals surface area contributed by atoms with Crippen molar-refractivity contribution in [1.29, 1.82) is 0 Å². The van der Waals surface area contributed by atoms with Crippen LogP contribution in [0.4, 0.5) is 0 Å². The fourth-order valence-electron chi connectivity index (χ4n) is 2.21. The molecule has 0 N–H and O–H groups in total. The van der Waals surface area contributed by atoms with Crippen molar-refractivity contribution < 1.29 is 4.79 Å². The Morgan fingerprint density at radius 2 is 1.95 bits per heavy atom. The number of aromatic nitrogens is 2. The van der Waals surface area contributed by atoms with Gasteiger partial charge in [-0.15, -0.1) is 23.5 Å². The molecule has 0 amide bonds. The lowest BCUT2D eigenvalue weighted by atomic mass is 10.2. The minimum absolute atomic E-state index is 0.296. The standard InChI is InChI=1S/C15H16N2OS2/c1-11-14(15-19-8-13(18)9-20-15)16-10-17(11)7-12-5-3-2-4-6-12/h2-6,10,15H,7-9H2,1H3. The van der Waals surface area contributed by atoms with Crippen molar-refractivity contribution in [3.8, 4) is 0 Å². The number of hydrogen-bond acceptors (Lipinski definition) is 4. The lowest BCUT2D eigenvalue weighted by Crippen LogP contribution is -2.13. The van der Waals surface area contributed by atoms with E-state index in [9.17, 15) is 4.79 Å². The third-order valence-corrected chi connectivity index (χ3v) is 6.19. The SMILES string of the molecule is Cc1c(C2SCC(=O)CS2)ncn1Cc1ccccc1. The maximum Gasteiger partial charge on any atom is 0.152 e. The number of hydrogen-bond donors (Lipinski definition) is 0. The summed E-state index contributed by atoms with van der Waals surface area (Å²) in [5, 5.41) is 0. The van der Waals surface area contributed by atoms with Gasteiger partial charge in [-0.25, -0.2) is 4.98 Å². The summed E-state index contributed by atoms with van der Waals surface area (Å²) in [5.41, 5.74) is 3.59. The lowest BCUT2D eigenvalue weighted by molar-refractivity contribution is -0.114. The zero-order chi connectivity index (χ0) is 13.9. The molecule has 2 aromatic rings. The van der Waals surface area contributed by atoms with Crippen LogP contribution in [0.2, 0.25) is 0 Å². The first-order chi connectivity index (χ1) is 9.74. The van der Waals surface area contributed by atoms with Gasteiger partial charge in [0.1, 0.15) is 0 Å². The Hall–Kier alpha value is -1.20. The summed E-state index contributed by atoms with van der Waals surface area (Å²) < 4.78 is 2.48. The van der Waals surface area contributed by atoms with E-state index in [0.29, 0.717) is 21.9 Å². The van der Waals surface area contributed by atoms with Gasteiger partial charge in [0.05, 0.1) is 28.1 Å². The van der Waals surface area contributed by atoms with Crippen LogP contribution in [0.1, 0.15) is 21.5 Å². The molecule has 0 atom stereocenters. The monoisotopic (exact) mass is 304 g/mol. The number of thioether (sulfide) groups is 2. The molecule has 104 valence electrons. The highest BCUT2D eigenvalue weighted by atomic mass is 32.2. The van der Waals surface area contributed by atoms with Gasteiger partial charge in [-0.3, -0.25) is 4.79 Å². The smallest absolute Gasteiger partial charge is 0.152 e. The molecule has 0 unspecified atom stereocenters. The van der Waals surface area contributed by atoms with Gasteiger partial charge in [-0.05, 0) is 12.5 Å². The molecule has 0 spiro atoms. The van der Waals surface area contributed by atoms with Gasteiger partial charge in [-0.1, -0.05) is 30.3 Å². The third kappa shape index (κ3) is 2.94. The number of Topliss-reactive ketones (excluding diaryl/α,β-unsaturated/α-hetero) is 1. The van der Waals surface area contributed by atoms with E-state index in [-0.39, 0.29) is 0 Å². The molecule has 5 heteroatoms. The molecule has 3 nitrogen and oxygen atoms in total. The first-order valence-corrected chi connectivity index (χ1v) is 8.64. The van der Waals surface area contributed by atoms with E-state index in [4.69, 9.17) is 0 Å². The van der Waals surface area contributed by atoms with Crippen LogP contribution in [0.3, 0.4) is 0 Å². The summed E-state index contributed by atoms with van der Waals surface area (Å²) in [4.78, 5) is 15.9. The first-order valence-electron chi connectivity index (χ1n) is 6.54. The molecular weight excluding hydrogens is 288 g/mol. The lowest BCUT2D eigenvalue weighted by Gasteiger charge is -2.19. The Kier molecular flexibility index (Phi) is 4.17. The van der Waals surface area contributed by atoms with E-state index in [2.05, 4.69) is 40.7 Å². The summed E-state index contributed by atoms with van der Waals surface area (Å²) in [6, 6.07) is 10.4. The van der Waals surface area contributed by atoms with Crippen LogP contribution >= 0.6 is 23.5 Å². The molecule has 0 radical (unpaired) electrons. The van der Waals surface area contributed by atoms with Crippen LogP contribution in [0.25, 0.3) is 0 Å². The predicted octanol–water partition coefficient (Wildman–Crippen LogP) is 3.29. The van der Waals surface area contributed by atoms with Crippen molar-refractivity contribution in [1.82, 2.24) is 9.55 Å². The Morgan fingerprint density at radius 1 is 1.25 bits per heavy atom. The number of ketones is 1. The van der Waals surface area contributed by atoms with Gasteiger partial charge < -0.3 is 4.57 Å². The van der Waals surface area contributed by atoms with E-state index in [1.54, 1.807) is 23.5 Å². The van der Waals surface area contributed by atoms with Crippen molar-refractivity contribution in [3.05, 3.63) is 53.6 Å². The number of imidazole rings is 1. The van der Waals surface area contributed by atoms with Crippen LogP contribution in [-0.4, -0.2) is 26.8 Å². The van der Waals surface area contributed by atoms with Gasteiger partial charge in [-0.2, -0.15) is 0 Å². The summed E-state index contributed by atoms with van der Waals surface area (Å²) in [6.45, 7) is 2.96. The molecule has 1 aliphatic heterocycles. The second-order valence-corrected chi connectivity index (χ2v) is 7.31. The Labute approximate surface area is 127 Å². The van der Waals surface area contributed by atoms with Crippen LogP contribution in [0.5, 0.6) is 0 Å². The molecule has 1 fully saturated rings. The molecule has 2 heterocycles. The highest BCUT2D eigenvalue weighted by Gasteiger charge is 2.25. The first kappa shape index (κ1) is 13.8. The Bertz CT molecular complexity index is 600. The highest BCUT2D eigenvalue weighted by Crippen LogP contribution is 2.43. The van der Waals surface area contributed by atoms with Crippen LogP contribution in [0.15, 0.2) is 36.7 Å². The quantitative estimate of drug-likeness (QED) is 0.871. The number of rotatable bonds is 3. The Balaban J connectivity index is 1.77. The molecule has 1 aromatic heterocycles. The molecule has 1 aliphatic rings. The minimum atomic E-state index is 0.296. The van der Waals surface area contributed by atoms with Crippen LogP contribution in [0, 0.1) is 6.92 Å². The predicted molar refractivity (Wildman–Crippen MR) is 85.2 cm³/mol. The fourth-order valence-corrected chi connectivity index (χ4v) is 4.79. The van der Waals surface area contributed by atoms with E-state index < -0.39 is 0 Å². The molecule has 1 saturated heterocycles. The zero-order valence-corrected chi connectivity index (χ0v) is 12.9. The number of benzene rings is 1. The maximum atomic E-state index is 11.3. The van der Waals surface area contributed by atoms with Crippen molar-refractivity contribution in [2.24, 2.45) is 0 Å². The normalized spacial score (nSPS) is 16.6. The summed E-state index contributed by atoms with van der Waals surface area (Å²) >= 11 is 3.39. The van der Waals surface area contributed by atoms with E-state index in [1.807, 2.05) is 12.4 Å². The van der Waals surface area contributed by atoms with Gasteiger partial charge in [0.25, 0.3) is 0 Å². The summed E-state index contributed by atoms with van der Waals surface area (Å²) in [5.74, 6) is 1.56. The number of nitrogens with zero attached hydrogens (tertiary/aromatic N) is 2. The van der Waals surface area contributed by atoms with Gasteiger partial charge in [0.2, 0.25) is 0 Å². The zero-order valence-electron chi connectivity index (χ0n) is 11.3. The summed E-state index contributed by atoms with van der Waals surface area (Å²) in [7, 11) is 0. The number of carbonyl (C=O) groups is 1. The van der Waals surface area contributed by atoms with Crippen molar-refractivity contribution in [3.63, 3.8) is 0 Å². The van der Waals surface area contributed by atoms with Gasteiger partial charge >= 0.3 is 0 Å². The molecule has 3 rings (SSSR count). The number of carbonyl (C=O) groups excluding carboxylic acids is 1. The van der Waals surface area contributed by atoms with Gasteiger partial charge in [0.15, 0.2) is 5.78 Å². The molecule has 20 heavy (non-hydrogen) atoms. The van der Waals surface area contributed by atoms with E-state index in [0.717, 1.165) is 12.2 Å². The van der Waals surface area contributed by atoms with Crippen molar-refractivity contribution in [2.75, 3.05) is 11.5 Å². The topological polar surface area (TPSA) is 34.9 Å². The average Bonchev–Trinajstić information content (AvgIpc) is 2.83. The van der Waals surface area contributed by atoms with Crippen LogP contribution in [-0.2, 0) is 11.3 Å². The minimum Gasteiger partial charge on any atom is -0.330 e. The van der Waals surface area contributed by atoms with Gasteiger partial charge in [0, 0.05) is 12.2 Å². The summed E-state index contributed by atoms with van der Waals surface area (Å²) in [6.07, 6.45) is 1.91. The molecule has 0 bridgehead atoms. The molecular formula is C15H16N2OS2. The Morgan fingerprint density at radius 3 is 2.65 bits per heavy atom. The van der Waals surface area contributed by atoms with E-state index in [1.165, 1.54) is 11.3 Å². The highest BCUT2D eigenvalue weighted by molar-refractivity contribution is 8.18. The molecule has 1 aromatic carbocycles. The third-order valence-electron chi connectivity index (χ3n) is 3.35. The van der Waals surface area contributed by atoms with E-state index >= 15 is 0 Å². The second kappa shape index (κ2) is 6.06. The molecule has 0 saturated carbocycles. The van der Waals surface area contributed by atoms with Crippen molar-refractivity contribution in [2.45, 2.75) is 18.1 Å². The molecule has 0 aliphatic carbocycles. The van der Waals surface area contributed by atoms with Crippen LogP contribution < -0.4 is 0 Å². The average molecular weight is 304 g/mol. The van der Waals surface area contributed by atoms with Crippen molar-refractivity contribution >= 4 is 29.3 Å². The maximum absolute atomic E-state index is 11.3. The fraction of sp³-hybridized carbons (Fsp3) is 0.333.